The third kappa shape index (κ3) is 5.29. The predicted octanol–water partition coefficient (Wildman–Crippen LogP) is 4.64. The summed E-state index contributed by atoms with van der Waals surface area (Å²) < 4.78 is 4.70. The number of nitrogens with one attached hydrogen (secondary N) is 2. The quantitative estimate of drug-likeness (QED) is 0.519. The molecule has 4 heterocycles. The van der Waals surface area contributed by atoms with Gasteiger partial charge in [-0.1, -0.05) is 19.9 Å². The third-order valence-corrected chi connectivity index (χ3v) is 7.36. The van der Waals surface area contributed by atoms with Gasteiger partial charge in [0.1, 0.15) is 11.9 Å². The molecule has 4 rings (SSSR count). The number of nitrogens with zero attached hydrogens (tertiary/aromatic N) is 2. The SMILES string of the molecule is COC(=O)NC(C(=O)N1CCCC1c1ncc(-c2ccc(C#Cc3cccs3)s2)[nH]1)C(C)C. The maximum absolute atomic E-state index is 13.3. The van der Waals surface area contributed by atoms with E-state index in [0.29, 0.717) is 6.54 Å². The minimum Gasteiger partial charge on any atom is -0.453 e. The van der Waals surface area contributed by atoms with Crippen LogP contribution in [-0.4, -0.2) is 46.6 Å². The van der Waals surface area contributed by atoms with E-state index >= 15 is 0 Å². The van der Waals surface area contributed by atoms with Crippen LogP contribution in [-0.2, 0) is 9.53 Å². The molecule has 7 nitrogen and oxygen atoms in total. The van der Waals surface area contributed by atoms with Gasteiger partial charge in [0, 0.05) is 6.54 Å². The van der Waals surface area contributed by atoms with Gasteiger partial charge >= 0.3 is 6.09 Å². The monoisotopic (exact) mass is 482 g/mol. The average Bonchev–Trinajstić information content (AvgIpc) is 3.61. The summed E-state index contributed by atoms with van der Waals surface area (Å²) in [5.74, 6) is 6.98. The molecule has 0 saturated carbocycles. The highest BCUT2D eigenvalue weighted by atomic mass is 32.1. The van der Waals surface area contributed by atoms with Crippen molar-refractivity contribution >= 4 is 34.7 Å². The number of likely N-dealkylation sites (tertiary alicyclic amines) is 1. The summed E-state index contributed by atoms with van der Waals surface area (Å²) in [5, 5.41) is 4.69. The lowest BCUT2D eigenvalue weighted by Crippen LogP contribution is -2.51. The smallest absolute Gasteiger partial charge is 0.407 e. The van der Waals surface area contributed by atoms with Crippen LogP contribution in [0.4, 0.5) is 4.79 Å². The molecule has 3 aromatic heterocycles. The van der Waals surface area contributed by atoms with Crippen molar-refractivity contribution in [3.05, 3.63) is 51.4 Å². The standard InChI is InChI=1S/C24H26N4O3S2/c1-15(2)21(27-24(30)31-3)23(29)28-12-4-7-19(28)22-25-14-18(26-22)20-11-10-17(33-20)9-8-16-6-5-13-32-16/h5-6,10-11,13-15,19,21H,4,7,12H2,1-3H3,(H,25,26)(H,27,30). The molecule has 2 atom stereocenters. The molecule has 2 N–H and O–H groups in total. The van der Waals surface area contributed by atoms with Crippen LogP contribution in [0.2, 0.25) is 0 Å². The second-order valence-electron chi connectivity index (χ2n) is 8.12. The molecule has 0 aromatic carbocycles. The van der Waals surface area contributed by atoms with E-state index in [4.69, 9.17) is 4.74 Å². The second kappa shape index (κ2) is 10.2. The fraction of sp³-hybridized carbons (Fsp3) is 0.375. The molecule has 33 heavy (non-hydrogen) atoms. The van der Waals surface area contributed by atoms with Crippen molar-refractivity contribution in [2.24, 2.45) is 5.92 Å². The summed E-state index contributed by atoms with van der Waals surface area (Å²) in [6.45, 7) is 4.45. The predicted molar refractivity (Wildman–Crippen MR) is 130 cm³/mol. The normalized spacial score (nSPS) is 16.4. The van der Waals surface area contributed by atoms with Crippen molar-refractivity contribution in [3.8, 4) is 22.4 Å². The second-order valence-corrected chi connectivity index (χ2v) is 10.2. The number of carbonyl (C=O) groups excluding carboxylic acids is 2. The Hall–Kier alpha value is -3.09. The molecule has 0 bridgehead atoms. The Morgan fingerprint density at radius 1 is 1.27 bits per heavy atom. The van der Waals surface area contributed by atoms with Gasteiger partial charge in [-0.05, 0) is 54.2 Å². The minimum absolute atomic E-state index is 0.0650. The van der Waals surface area contributed by atoms with Gasteiger partial charge < -0.3 is 19.9 Å². The molecular weight excluding hydrogens is 456 g/mol. The summed E-state index contributed by atoms with van der Waals surface area (Å²) >= 11 is 3.23. The number of H-pyrrole nitrogens is 1. The van der Waals surface area contributed by atoms with Gasteiger partial charge in [0.25, 0.3) is 0 Å². The minimum atomic E-state index is -0.644. The Morgan fingerprint density at radius 3 is 2.82 bits per heavy atom. The maximum Gasteiger partial charge on any atom is 0.407 e. The van der Waals surface area contributed by atoms with Crippen LogP contribution in [0.1, 0.15) is 48.3 Å². The van der Waals surface area contributed by atoms with Gasteiger partial charge in [0.05, 0.1) is 39.7 Å². The molecule has 0 aliphatic carbocycles. The van der Waals surface area contributed by atoms with E-state index in [1.54, 1.807) is 22.7 Å². The van der Waals surface area contributed by atoms with Crippen LogP contribution >= 0.6 is 22.7 Å². The molecule has 2 unspecified atom stereocenters. The van der Waals surface area contributed by atoms with E-state index in [1.807, 2.05) is 54.6 Å². The molecule has 1 aliphatic heterocycles. The fourth-order valence-corrected chi connectivity index (χ4v) is 5.24. The molecule has 172 valence electrons. The molecule has 1 fully saturated rings. The van der Waals surface area contributed by atoms with Gasteiger partial charge in [0.2, 0.25) is 5.91 Å². The molecule has 2 amide bonds. The lowest BCUT2D eigenvalue weighted by atomic mass is 10.0. The zero-order chi connectivity index (χ0) is 23.4. The van der Waals surface area contributed by atoms with Crippen LogP contribution in [0.5, 0.6) is 0 Å². The van der Waals surface area contributed by atoms with Gasteiger partial charge in [-0.25, -0.2) is 9.78 Å². The molecule has 1 saturated heterocycles. The van der Waals surface area contributed by atoms with Crippen LogP contribution in [0.25, 0.3) is 10.6 Å². The zero-order valence-corrected chi connectivity index (χ0v) is 20.4. The Morgan fingerprint density at radius 2 is 2.09 bits per heavy atom. The average molecular weight is 483 g/mol. The lowest BCUT2D eigenvalue weighted by molar-refractivity contribution is -0.135. The van der Waals surface area contributed by atoms with Gasteiger partial charge in [-0.2, -0.15) is 0 Å². The number of aromatic amines is 1. The third-order valence-electron chi connectivity index (χ3n) is 5.54. The number of hydrogen-bond acceptors (Lipinski definition) is 6. The number of methoxy groups -OCH3 is 1. The first-order valence-corrected chi connectivity index (χ1v) is 12.5. The van der Waals surface area contributed by atoms with E-state index in [-0.39, 0.29) is 17.9 Å². The van der Waals surface area contributed by atoms with Crippen LogP contribution in [0.3, 0.4) is 0 Å². The number of thiophene rings is 2. The Labute approximate surface area is 201 Å². The fourth-order valence-electron chi connectivity index (χ4n) is 3.85. The van der Waals surface area contributed by atoms with Crippen molar-refractivity contribution < 1.29 is 14.3 Å². The first-order valence-electron chi connectivity index (χ1n) is 10.8. The summed E-state index contributed by atoms with van der Waals surface area (Å²) in [5.41, 5.74) is 0.909. The van der Waals surface area contributed by atoms with E-state index < -0.39 is 12.1 Å². The zero-order valence-electron chi connectivity index (χ0n) is 18.8. The number of rotatable bonds is 5. The Bertz CT molecular complexity index is 1170. The van der Waals surface area contributed by atoms with Crippen LogP contribution in [0.15, 0.2) is 35.8 Å². The van der Waals surface area contributed by atoms with Crippen molar-refractivity contribution in [1.29, 1.82) is 0 Å². The topological polar surface area (TPSA) is 87.3 Å². The van der Waals surface area contributed by atoms with Crippen LogP contribution < -0.4 is 5.32 Å². The van der Waals surface area contributed by atoms with E-state index in [9.17, 15) is 9.59 Å². The van der Waals surface area contributed by atoms with Gasteiger partial charge in [0.15, 0.2) is 0 Å². The lowest BCUT2D eigenvalue weighted by Gasteiger charge is -2.30. The van der Waals surface area contributed by atoms with E-state index in [1.165, 1.54) is 7.11 Å². The highest BCUT2D eigenvalue weighted by Crippen LogP contribution is 2.34. The molecule has 0 spiro atoms. The summed E-state index contributed by atoms with van der Waals surface area (Å²) in [7, 11) is 1.30. The highest BCUT2D eigenvalue weighted by Gasteiger charge is 2.37. The number of amides is 2. The number of imidazole rings is 1. The number of ether oxygens (including phenoxy) is 1. The van der Waals surface area contributed by atoms with Crippen LogP contribution in [0, 0.1) is 17.8 Å². The van der Waals surface area contributed by atoms with E-state index in [2.05, 4.69) is 27.1 Å². The maximum atomic E-state index is 13.3. The van der Waals surface area contributed by atoms with Gasteiger partial charge in [-0.15, -0.1) is 22.7 Å². The van der Waals surface area contributed by atoms with Crippen molar-refractivity contribution in [3.63, 3.8) is 0 Å². The first kappa shape index (κ1) is 23.1. The Balaban J connectivity index is 1.49. The van der Waals surface area contributed by atoms with Gasteiger partial charge in [-0.3, -0.25) is 4.79 Å². The van der Waals surface area contributed by atoms with Crippen molar-refractivity contribution in [1.82, 2.24) is 20.2 Å². The number of carbonyl (C=O) groups is 2. The molecule has 3 aromatic rings. The van der Waals surface area contributed by atoms with E-state index in [0.717, 1.165) is 39.0 Å². The molecule has 1 aliphatic rings. The van der Waals surface area contributed by atoms with Crippen molar-refractivity contribution in [2.75, 3.05) is 13.7 Å². The Kier molecular flexibility index (Phi) is 7.16. The number of alkyl carbamates (subject to hydrolysis) is 1. The largest absolute Gasteiger partial charge is 0.453 e. The first-order chi connectivity index (χ1) is 16.0. The number of hydrogen-bond donors (Lipinski definition) is 2. The molecule has 9 heteroatoms. The summed E-state index contributed by atoms with van der Waals surface area (Å²) in [6, 6.07) is 7.25. The summed E-state index contributed by atoms with van der Waals surface area (Å²) in [4.78, 5) is 37.9. The van der Waals surface area contributed by atoms with Crippen molar-refractivity contribution in [2.45, 2.75) is 38.8 Å². The molecular formula is C24H26N4O3S2. The number of aromatic nitrogens is 2. The highest BCUT2D eigenvalue weighted by molar-refractivity contribution is 7.16. The summed E-state index contributed by atoms with van der Waals surface area (Å²) in [6.07, 6.45) is 2.92. The molecule has 0 radical (unpaired) electrons.